The van der Waals surface area contributed by atoms with Crippen LogP contribution >= 0.6 is 0 Å². The number of anilines is 2. The van der Waals surface area contributed by atoms with E-state index in [2.05, 4.69) is 10.4 Å². The molecule has 0 aromatic heterocycles. The molecule has 0 atom stereocenters. The number of urea groups is 1. The topological polar surface area (TPSA) is 143 Å². The fraction of sp³-hybridized carbons (Fsp3) is 0.182. The van der Waals surface area contributed by atoms with Crippen LogP contribution in [0.25, 0.3) is 0 Å². The minimum absolute atomic E-state index is 0.0320. The molecule has 0 aliphatic carbocycles. The van der Waals surface area contributed by atoms with Crippen molar-refractivity contribution < 1.29 is 14.8 Å². The molecule has 0 aliphatic rings. The van der Waals surface area contributed by atoms with Crippen molar-refractivity contribution in [1.82, 2.24) is 5.43 Å². The summed E-state index contributed by atoms with van der Waals surface area (Å²) in [5, 5.41) is 25.1. The van der Waals surface area contributed by atoms with Gasteiger partial charge in [0.05, 0.1) is 12.1 Å². The molecule has 1 aromatic rings. The molecule has 9 heteroatoms. The molecule has 0 spiro atoms. The van der Waals surface area contributed by atoms with E-state index in [0.717, 1.165) is 0 Å². The fourth-order valence-corrected chi connectivity index (χ4v) is 1.30. The summed E-state index contributed by atoms with van der Waals surface area (Å²) in [6.07, 6.45) is -0.0320. The molecule has 20 heavy (non-hydrogen) atoms. The standard InChI is InChI=1S/C11H14N5O4/c1-7(14-15-11(12)18)6-10(17)13-8-2-4-9(5-3-8)16(19)20/h2-5,19H,6H2,1H3,(H,13,17)(H3,12,15,18)/q-1/b14-7-. The van der Waals surface area contributed by atoms with Gasteiger partial charge in [0.2, 0.25) is 5.91 Å². The number of nitrogens with one attached hydrogen (secondary N) is 2. The molecule has 0 radical (unpaired) electrons. The molecule has 3 amide bonds. The highest BCUT2D eigenvalue weighted by Crippen LogP contribution is 2.15. The van der Waals surface area contributed by atoms with Gasteiger partial charge in [-0.1, -0.05) is 0 Å². The van der Waals surface area contributed by atoms with Crippen LogP contribution in [0.5, 0.6) is 0 Å². The van der Waals surface area contributed by atoms with Crippen molar-refractivity contribution in [2.45, 2.75) is 13.3 Å². The first-order valence-corrected chi connectivity index (χ1v) is 5.53. The maximum Gasteiger partial charge on any atom is 0.332 e. The summed E-state index contributed by atoms with van der Waals surface area (Å²) in [4.78, 5) is 22.0. The van der Waals surface area contributed by atoms with E-state index in [4.69, 9.17) is 10.9 Å². The van der Waals surface area contributed by atoms with Gasteiger partial charge in [0.1, 0.15) is 0 Å². The second-order valence-corrected chi connectivity index (χ2v) is 3.87. The molecule has 0 unspecified atom stereocenters. The average molecular weight is 280 g/mol. The third-order valence-electron chi connectivity index (χ3n) is 2.15. The van der Waals surface area contributed by atoms with E-state index in [1.54, 1.807) is 6.92 Å². The Morgan fingerprint density at radius 2 is 2.00 bits per heavy atom. The van der Waals surface area contributed by atoms with Crippen LogP contribution in [0.3, 0.4) is 0 Å². The maximum absolute atomic E-state index is 11.6. The molecule has 0 saturated carbocycles. The third-order valence-corrected chi connectivity index (χ3v) is 2.15. The molecule has 108 valence electrons. The van der Waals surface area contributed by atoms with Crippen LogP contribution in [0, 0.1) is 5.21 Å². The van der Waals surface area contributed by atoms with Crippen LogP contribution in [0.15, 0.2) is 29.4 Å². The van der Waals surface area contributed by atoms with Gasteiger partial charge in [-0.2, -0.15) is 5.10 Å². The summed E-state index contributed by atoms with van der Waals surface area (Å²) in [6, 6.07) is 4.80. The lowest BCUT2D eigenvalue weighted by molar-refractivity contribution is -0.115. The Hall–Kier alpha value is -2.65. The summed E-state index contributed by atoms with van der Waals surface area (Å²) in [5.74, 6) is -0.353. The van der Waals surface area contributed by atoms with Gasteiger partial charge in [0.25, 0.3) is 0 Å². The molecular formula is C11H14N5O4-. The van der Waals surface area contributed by atoms with Crippen LogP contribution in [0.2, 0.25) is 0 Å². The van der Waals surface area contributed by atoms with E-state index in [9.17, 15) is 14.8 Å². The molecule has 0 heterocycles. The number of primary amides is 1. The highest BCUT2D eigenvalue weighted by atomic mass is 16.8. The molecule has 0 fully saturated rings. The monoisotopic (exact) mass is 280 g/mol. The van der Waals surface area contributed by atoms with Crippen molar-refractivity contribution in [3.05, 3.63) is 29.5 Å². The first-order chi connectivity index (χ1) is 9.38. The van der Waals surface area contributed by atoms with Crippen molar-refractivity contribution in [2.24, 2.45) is 10.8 Å². The number of nitrogens with two attached hydrogens (primary N) is 1. The van der Waals surface area contributed by atoms with E-state index in [0.29, 0.717) is 11.4 Å². The number of hydrogen-bond acceptors (Lipinski definition) is 6. The lowest BCUT2D eigenvalue weighted by atomic mass is 10.2. The van der Waals surface area contributed by atoms with Gasteiger partial charge in [-0.25, -0.2) is 10.2 Å². The highest BCUT2D eigenvalue weighted by Gasteiger charge is 2.05. The Morgan fingerprint density at radius 1 is 1.40 bits per heavy atom. The van der Waals surface area contributed by atoms with E-state index in [1.807, 2.05) is 5.43 Å². The summed E-state index contributed by atoms with van der Waals surface area (Å²) in [7, 11) is 0. The number of hydrogen-bond donors (Lipinski definition) is 4. The van der Waals surface area contributed by atoms with Gasteiger partial charge < -0.3 is 21.5 Å². The number of carbonyl (C=O) groups excluding carboxylic acids is 2. The lowest BCUT2D eigenvalue weighted by Gasteiger charge is -2.21. The van der Waals surface area contributed by atoms with E-state index < -0.39 is 6.03 Å². The Morgan fingerprint density at radius 3 is 2.50 bits per heavy atom. The molecule has 1 aromatic carbocycles. The number of benzene rings is 1. The zero-order valence-corrected chi connectivity index (χ0v) is 10.7. The van der Waals surface area contributed by atoms with Crippen LogP contribution in [-0.4, -0.2) is 22.9 Å². The first-order valence-electron chi connectivity index (χ1n) is 5.53. The second kappa shape index (κ2) is 7.07. The second-order valence-electron chi connectivity index (χ2n) is 3.87. The summed E-state index contributed by atoms with van der Waals surface area (Å²) >= 11 is 0. The first kappa shape index (κ1) is 15.4. The van der Waals surface area contributed by atoms with Crippen molar-refractivity contribution in [3.63, 3.8) is 0 Å². The molecular weight excluding hydrogens is 266 g/mol. The van der Waals surface area contributed by atoms with E-state index in [1.165, 1.54) is 24.3 Å². The molecule has 0 bridgehead atoms. The largest absolute Gasteiger partial charge is 0.733 e. The number of nitrogens with zero attached hydrogens (tertiary/aromatic N) is 2. The predicted molar refractivity (Wildman–Crippen MR) is 73.1 cm³/mol. The Balaban J connectivity index is 2.54. The molecule has 5 N–H and O–H groups in total. The fourth-order valence-electron chi connectivity index (χ4n) is 1.30. The van der Waals surface area contributed by atoms with Crippen molar-refractivity contribution in [1.29, 1.82) is 0 Å². The van der Waals surface area contributed by atoms with Gasteiger partial charge in [0, 0.05) is 11.4 Å². The van der Waals surface area contributed by atoms with Crippen LogP contribution in [-0.2, 0) is 4.79 Å². The summed E-state index contributed by atoms with van der Waals surface area (Å²) < 4.78 is 0. The zero-order valence-electron chi connectivity index (χ0n) is 10.7. The highest BCUT2D eigenvalue weighted by molar-refractivity contribution is 6.05. The Kier molecular flexibility index (Phi) is 5.44. The molecule has 9 nitrogen and oxygen atoms in total. The number of rotatable bonds is 5. The molecule has 0 aliphatic heterocycles. The maximum atomic E-state index is 11.6. The van der Waals surface area contributed by atoms with Crippen LogP contribution < -0.4 is 21.7 Å². The molecule has 0 saturated heterocycles. The van der Waals surface area contributed by atoms with Gasteiger partial charge >= 0.3 is 6.03 Å². The predicted octanol–water partition coefficient (Wildman–Crippen LogP) is 0.753. The normalized spacial score (nSPS) is 10.8. The van der Waals surface area contributed by atoms with E-state index in [-0.39, 0.29) is 23.2 Å². The van der Waals surface area contributed by atoms with Crippen molar-refractivity contribution in [3.8, 4) is 0 Å². The van der Waals surface area contributed by atoms with E-state index >= 15 is 0 Å². The van der Waals surface area contributed by atoms with Crippen LogP contribution in [0.4, 0.5) is 16.2 Å². The van der Waals surface area contributed by atoms with Gasteiger partial charge in [-0.3, -0.25) is 10.0 Å². The minimum atomic E-state index is -0.813. The molecule has 1 rings (SSSR count). The van der Waals surface area contributed by atoms with Crippen molar-refractivity contribution >= 4 is 29.0 Å². The van der Waals surface area contributed by atoms with Crippen LogP contribution in [0.1, 0.15) is 13.3 Å². The number of carbonyl (C=O) groups is 2. The smallest absolute Gasteiger partial charge is 0.332 e. The third kappa shape index (κ3) is 5.33. The van der Waals surface area contributed by atoms with Gasteiger partial charge in [0.15, 0.2) is 0 Å². The Bertz CT molecular complexity index is 512. The average Bonchev–Trinajstić information content (AvgIpc) is 2.36. The zero-order chi connectivity index (χ0) is 15.1. The number of amides is 3. The minimum Gasteiger partial charge on any atom is -0.733 e. The van der Waals surface area contributed by atoms with Gasteiger partial charge in [-0.15, -0.1) is 0 Å². The SMILES string of the molecule is C/C(CC(=O)Nc1ccc(N([O-])O)cc1)=N/NC(N)=O. The summed E-state index contributed by atoms with van der Waals surface area (Å²) in [5.41, 5.74) is 7.72. The quantitative estimate of drug-likeness (QED) is 0.465. The summed E-state index contributed by atoms with van der Waals surface area (Å²) in [6.45, 7) is 1.56. The van der Waals surface area contributed by atoms with Crippen molar-refractivity contribution in [2.75, 3.05) is 10.5 Å². The Labute approximate surface area is 114 Å². The lowest BCUT2D eigenvalue weighted by Crippen LogP contribution is -2.26. The number of hydrazone groups is 1. The van der Waals surface area contributed by atoms with Gasteiger partial charge in [-0.05, 0) is 31.2 Å².